The standard InChI is InChI=1S/C35H39NO6/c1-25(20-26-10-4-2-5-11-26)42-34(38)41-24-40-29-16-15-28-21-32-30-14-8-9-17-35(30,31(28)22-29)18-19-36(32)33(37)39-23-27-12-6-3-7-13-27/h2-7,10-13,15-16,22,25,30,32H,8-9,14,17-21,23-24H2,1H3/t25?,30-,32+,35+/m1/s1. The lowest BCUT2D eigenvalue weighted by Crippen LogP contribution is -2.62. The molecule has 1 saturated carbocycles. The lowest BCUT2D eigenvalue weighted by molar-refractivity contribution is -0.0161. The van der Waals surface area contributed by atoms with Crippen LogP contribution in [0.25, 0.3) is 0 Å². The van der Waals surface area contributed by atoms with Crippen LogP contribution in [-0.2, 0) is 39.1 Å². The molecule has 3 aromatic carbocycles. The maximum absolute atomic E-state index is 13.3. The maximum Gasteiger partial charge on any atom is 0.511 e. The molecule has 0 spiro atoms. The van der Waals surface area contributed by atoms with Crippen LogP contribution in [0.4, 0.5) is 9.59 Å². The van der Waals surface area contributed by atoms with E-state index < -0.39 is 6.16 Å². The molecule has 1 amide bonds. The van der Waals surface area contributed by atoms with Gasteiger partial charge in [-0.25, -0.2) is 9.59 Å². The minimum atomic E-state index is -0.739. The van der Waals surface area contributed by atoms with Crippen LogP contribution >= 0.6 is 0 Å². The smallest absolute Gasteiger partial charge is 0.457 e. The van der Waals surface area contributed by atoms with Crippen LogP contribution in [0.5, 0.6) is 5.75 Å². The van der Waals surface area contributed by atoms with E-state index in [1.165, 1.54) is 24.0 Å². The van der Waals surface area contributed by atoms with E-state index in [0.29, 0.717) is 24.6 Å². The number of nitrogens with zero attached hydrogens (tertiary/aromatic N) is 1. The quantitative estimate of drug-likeness (QED) is 0.211. The molecule has 2 aliphatic carbocycles. The van der Waals surface area contributed by atoms with Crippen molar-refractivity contribution in [2.45, 2.75) is 76.0 Å². The van der Waals surface area contributed by atoms with E-state index in [0.717, 1.165) is 36.8 Å². The highest BCUT2D eigenvalue weighted by atomic mass is 16.8. The number of hydrogen-bond acceptors (Lipinski definition) is 6. The normalized spacial score (nSPS) is 23.1. The first kappa shape index (κ1) is 28.1. The minimum Gasteiger partial charge on any atom is -0.457 e. The van der Waals surface area contributed by atoms with Crippen LogP contribution in [0.2, 0.25) is 0 Å². The van der Waals surface area contributed by atoms with Crippen molar-refractivity contribution in [3.05, 3.63) is 101 Å². The van der Waals surface area contributed by atoms with Gasteiger partial charge in [-0.1, -0.05) is 79.6 Å². The summed E-state index contributed by atoms with van der Waals surface area (Å²) in [4.78, 5) is 27.5. The number of fused-ring (bicyclic) bond motifs is 1. The number of benzene rings is 3. The lowest BCUT2D eigenvalue weighted by Gasteiger charge is -2.58. The molecule has 0 aromatic heterocycles. The molecule has 1 heterocycles. The molecule has 4 atom stereocenters. The molecule has 220 valence electrons. The van der Waals surface area contributed by atoms with Crippen molar-refractivity contribution >= 4 is 12.2 Å². The van der Waals surface area contributed by atoms with Gasteiger partial charge in [-0.2, -0.15) is 0 Å². The van der Waals surface area contributed by atoms with Gasteiger partial charge in [0, 0.05) is 24.4 Å². The van der Waals surface area contributed by atoms with E-state index in [1.54, 1.807) is 0 Å². The molecule has 2 bridgehead atoms. The summed E-state index contributed by atoms with van der Waals surface area (Å²) in [6, 6.07) is 26.1. The predicted octanol–water partition coefficient (Wildman–Crippen LogP) is 7.20. The Hall–Kier alpha value is -4.00. The molecule has 7 nitrogen and oxygen atoms in total. The fourth-order valence-corrected chi connectivity index (χ4v) is 7.43. The van der Waals surface area contributed by atoms with Crippen LogP contribution in [0.1, 0.15) is 61.3 Å². The third-order valence-electron chi connectivity index (χ3n) is 9.31. The Morgan fingerprint density at radius 3 is 2.48 bits per heavy atom. The van der Waals surface area contributed by atoms with Gasteiger partial charge in [-0.15, -0.1) is 0 Å². The number of carbonyl (C=O) groups is 2. The number of ether oxygens (including phenoxy) is 4. The monoisotopic (exact) mass is 569 g/mol. The Labute approximate surface area is 247 Å². The molecule has 6 rings (SSSR count). The third-order valence-corrected chi connectivity index (χ3v) is 9.31. The summed E-state index contributed by atoms with van der Waals surface area (Å²) in [5, 5.41) is 0. The number of piperidine rings is 1. The van der Waals surface area contributed by atoms with E-state index in [-0.39, 0.29) is 37.1 Å². The van der Waals surface area contributed by atoms with Gasteiger partial charge >= 0.3 is 12.2 Å². The van der Waals surface area contributed by atoms with Gasteiger partial charge in [0.1, 0.15) is 18.5 Å². The van der Waals surface area contributed by atoms with Crippen molar-refractivity contribution in [3.8, 4) is 5.75 Å². The average Bonchev–Trinajstić information content (AvgIpc) is 3.01. The Morgan fingerprint density at radius 1 is 0.929 bits per heavy atom. The number of hydrogen-bond donors (Lipinski definition) is 0. The highest BCUT2D eigenvalue weighted by Crippen LogP contribution is 2.56. The first-order valence-electron chi connectivity index (χ1n) is 15.1. The predicted molar refractivity (Wildman–Crippen MR) is 158 cm³/mol. The number of amides is 1. The summed E-state index contributed by atoms with van der Waals surface area (Å²) < 4.78 is 22.3. The Bertz CT molecular complexity index is 1380. The topological polar surface area (TPSA) is 74.3 Å². The average molecular weight is 570 g/mol. The van der Waals surface area contributed by atoms with Crippen LogP contribution in [0.3, 0.4) is 0 Å². The molecule has 1 aliphatic heterocycles. The maximum atomic E-state index is 13.3. The molecule has 3 aromatic rings. The highest BCUT2D eigenvalue weighted by Gasteiger charge is 2.55. The molecule has 42 heavy (non-hydrogen) atoms. The zero-order valence-electron chi connectivity index (χ0n) is 24.2. The van der Waals surface area contributed by atoms with E-state index >= 15 is 0 Å². The summed E-state index contributed by atoms with van der Waals surface area (Å²) >= 11 is 0. The second kappa shape index (κ2) is 12.5. The first-order valence-corrected chi connectivity index (χ1v) is 15.1. The zero-order valence-corrected chi connectivity index (χ0v) is 24.2. The van der Waals surface area contributed by atoms with E-state index in [2.05, 4.69) is 12.1 Å². The Balaban J connectivity index is 1.08. The van der Waals surface area contributed by atoms with E-state index in [9.17, 15) is 9.59 Å². The van der Waals surface area contributed by atoms with Crippen molar-refractivity contribution in [2.75, 3.05) is 13.3 Å². The summed E-state index contributed by atoms with van der Waals surface area (Å²) in [5.41, 5.74) is 4.72. The van der Waals surface area contributed by atoms with Gasteiger partial charge in [0.2, 0.25) is 6.79 Å². The summed E-state index contributed by atoms with van der Waals surface area (Å²) in [7, 11) is 0. The van der Waals surface area contributed by atoms with Crippen LogP contribution in [0, 0.1) is 5.92 Å². The highest BCUT2D eigenvalue weighted by molar-refractivity contribution is 5.69. The lowest BCUT2D eigenvalue weighted by atomic mass is 9.52. The van der Waals surface area contributed by atoms with Crippen molar-refractivity contribution in [1.29, 1.82) is 0 Å². The largest absolute Gasteiger partial charge is 0.511 e. The molecule has 0 N–H and O–H groups in total. The van der Waals surface area contributed by atoms with Gasteiger partial charge in [-0.3, -0.25) is 0 Å². The van der Waals surface area contributed by atoms with Crippen LogP contribution < -0.4 is 4.74 Å². The molecule has 3 aliphatic rings. The molecular formula is C35H39NO6. The zero-order chi connectivity index (χ0) is 28.9. The van der Waals surface area contributed by atoms with E-state index in [4.69, 9.17) is 18.9 Å². The Kier molecular flexibility index (Phi) is 8.36. The van der Waals surface area contributed by atoms with Gasteiger partial charge < -0.3 is 23.8 Å². The van der Waals surface area contributed by atoms with Crippen molar-refractivity contribution in [1.82, 2.24) is 4.90 Å². The molecule has 1 unspecified atom stereocenters. The SMILES string of the molecule is CC(Cc1ccccc1)OC(=O)OCOc1ccc2c(c1)[C@]13CCCC[C@@H]1[C@H](C2)N(C(=O)OCc1ccccc1)CC3. The second-order valence-corrected chi connectivity index (χ2v) is 11.9. The van der Waals surface area contributed by atoms with Crippen LogP contribution in [0.15, 0.2) is 78.9 Å². The van der Waals surface area contributed by atoms with Crippen molar-refractivity contribution < 1.29 is 28.5 Å². The van der Waals surface area contributed by atoms with Crippen molar-refractivity contribution in [3.63, 3.8) is 0 Å². The number of carbonyl (C=O) groups excluding carboxylic acids is 2. The first-order chi connectivity index (χ1) is 20.5. The summed E-state index contributed by atoms with van der Waals surface area (Å²) in [5.74, 6) is 1.07. The summed E-state index contributed by atoms with van der Waals surface area (Å²) in [6.45, 7) is 2.61. The van der Waals surface area contributed by atoms with Gasteiger partial charge in [0.15, 0.2) is 0 Å². The molecular weight excluding hydrogens is 530 g/mol. The number of rotatable bonds is 8. The van der Waals surface area contributed by atoms with Crippen LogP contribution in [-0.4, -0.2) is 42.6 Å². The third kappa shape index (κ3) is 5.96. The number of likely N-dealkylation sites (tertiary alicyclic amines) is 1. The van der Waals surface area contributed by atoms with E-state index in [1.807, 2.05) is 78.6 Å². The minimum absolute atomic E-state index is 0.0265. The van der Waals surface area contributed by atoms with Gasteiger partial charge in [0.05, 0.1) is 0 Å². The van der Waals surface area contributed by atoms with Gasteiger partial charge in [0.25, 0.3) is 0 Å². The fraction of sp³-hybridized carbons (Fsp3) is 0.429. The Morgan fingerprint density at radius 2 is 1.69 bits per heavy atom. The summed E-state index contributed by atoms with van der Waals surface area (Å²) in [6.07, 6.45) is 5.66. The molecule has 2 fully saturated rings. The molecule has 1 saturated heterocycles. The second-order valence-electron chi connectivity index (χ2n) is 11.9. The molecule has 0 radical (unpaired) electrons. The molecule has 7 heteroatoms. The van der Waals surface area contributed by atoms with Gasteiger partial charge in [-0.05, 0) is 72.9 Å². The van der Waals surface area contributed by atoms with Crippen molar-refractivity contribution in [2.24, 2.45) is 5.92 Å². The fourth-order valence-electron chi connectivity index (χ4n) is 7.43.